The first-order valence-corrected chi connectivity index (χ1v) is 8.23. The van der Waals surface area contributed by atoms with Crippen molar-refractivity contribution < 1.29 is 4.74 Å². The molecule has 2 aromatic carbocycles. The van der Waals surface area contributed by atoms with E-state index in [0.29, 0.717) is 21.7 Å². The summed E-state index contributed by atoms with van der Waals surface area (Å²) >= 11 is 12.0. The van der Waals surface area contributed by atoms with Gasteiger partial charge in [-0.25, -0.2) is 4.98 Å². The van der Waals surface area contributed by atoms with Crippen molar-refractivity contribution in [3.05, 3.63) is 71.0 Å². The molecule has 25 heavy (non-hydrogen) atoms. The zero-order chi connectivity index (χ0) is 17.2. The number of rotatable bonds is 4. The molecule has 0 saturated carbocycles. The van der Waals surface area contributed by atoms with Crippen LogP contribution in [0.2, 0.25) is 10.0 Å². The van der Waals surface area contributed by atoms with Crippen LogP contribution in [0, 0.1) is 0 Å². The van der Waals surface area contributed by atoms with Gasteiger partial charge in [-0.2, -0.15) is 0 Å². The van der Waals surface area contributed by atoms with Gasteiger partial charge in [0.2, 0.25) is 5.95 Å². The van der Waals surface area contributed by atoms with Gasteiger partial charge in [-0.3, -0.25) is 4.98 Å². The van der Waals surface area contributed by atoms with Gasteiger partial charge in [0.15, 0.2) is 0 Å². The standard InChI is InChI=1S/C18H12Cl2N4O/c19-14-8-16-17(9-15(14)20)24-18(23-16)22-11-3-5-12(6-4-11)25-13-2-1-7-21-10-13/h1-10H,(H2,22,23,24). The molecule has 0 aliphatic heterocycles. The summed E-state index contributed by atoms with van der Waals surface area (Å²) in [6, 6.07) is 14.7. The normalized spacial score (nSPS) is 10.8. The van der Waals surface area contributed by atoms with E-state index >= 15 is 0 Å². The number of nitrogens with one attached hydrogen (secondary N) is 2. The Balaban J connectivity index is 1.51. The summed E-state index contributed by atoms with van der Waals surface area (Å²) in [7, 11) is 0. The molecule has 0 aliphatic carbocycles. The molecule has 0 spiro atoms. The molecule has 0 unspecified atom stereocenters. The van der Waals surface area contributed by atoms with E-state index in [0.717, 1.165) is 22.5 Å². The van der Waals surface area contributed by atoms with Crippen LogP contribution in [0.25, 0.3) is 11.0 Å². The smallest absolute Gasteiger partial charge is 0.205 e. The number of hydrogen-bond acceptors (Lipinski definition) is 4. The highest BCUT2D eigenvalue weighted by atomic mass is 35.5. The number of imidazole rings is 1. The molecule has 4 rings (SSSR count). The average molecular weight is 371 g/mol. The molecule has 0 saturated heterocycles. The SMILES string of the molecule is Clc1cc2nc(Nc3ccc(Oc4cccnc4)cc3)[nH]c2cc1Cl. The summed E-state index contributed by atoms with van der Waals surface area (Å²) < 4.78 is 5.71. The van der Waals surface area contributed by atoms with Crippen molar-refractivity contribution in [2.75, 3.05) is 5.32 Å². The lowest BCUT2D eigenvalue weighted by atomic mass is 10.3. The highest BCUT2D eigenvalue weighted by molar-refractivity contribution is 6.42. The molecule has 5 nitrogen and oxygen atoms in total. The van der Waals surface area contributed by atoms with Crippen molar-refractivity contribution in [3.63, 3.8) is 0 Å². The minimum Gasteiger partial charge on any atom is -0.456 e. The summed E-state index contributed by atoms with van der Waals surface area (Å²) in [6.45, 7) is 0. The number of anilines is 2. The Kier molecular flexibility index (Phi) is 4.17. The fourth-order valence-corrected chi connectivity index (χ4v) is 2.67. The minimum atomic E-state index is 0.476. The molecule has 0 atom stereocenters. The molecule has 2 aromatic heterocycles. The molecule has 7 heteroatoms. The van der Waals surface area contributed by atoms with E-state index < -0.39 is 0 Å². The van der Waals surface area contributed by atoms with E-state index in [-0.39, 0.29) is 0 Å². The number of ether oxygens (including phenoxy) is 1. The van der Waals surface area contributed by atoms with Crippen molar-refractivity contribution in [1.82, 2.24) is 15.0 Å². The van der Waals surface area contributed by atoms with Crippen LogP contribution in [0.3, 0.4) is 0 Å². The van der Waals surface area contributed by atoms with Crippen molar-refractivity contribution in [2.24, 2.45) is 0 Å². The molecule has 2 N–H and O–H groups in total. The molecule has 2 heterocycles. The van der Waals surface area contributed by atoms with Gasteiger partial charge in [0.25, 0.3) is 0 Å². The molecule has 0 bridgehead atoms. The Morgan fingerprint density at radius 1 is 0.960 bits per heavy atom. The highest BCUT2D eigenvalue weighted by Crippen LogP contribution is 2.28. The number of benzene rings is 2. The van der Waals surface area contributed by atoms with Crippen LogP contribution < -0.4 is 10.1 Å². The number of fused-ring (bicyclic) bond motifs is 1. The Labute approximate surface area is 153 Å². The van der Waals surface area contributed by atoms with Crippen LogP contribution in [0.4, 0.5) is 11.6 Å². The van der Waals surface area contributed by atoms with Crippen molar-refractivity contribution >= 4 is 45.9 Å². The summed E-state index contributed by atoms with van der Waals surface area (Å²) in [5.41, 5.74) is 2.43. The first-order chi connectivity index (χ1) is 12.2. The van der Waals surface area contributed by atoms with Gasteiger partial charge in [0.1, 0.15) is 11.5 Å². The molecule has 0 amide bonds. The number of aromatic amines is 1. The third kappa shape index (κ3) is 3.52. The fourth-order valence-electron chi connectivity index (χ4n) is 2.35. The van der Waals surface area contributed by atoms with Gasteiger partial charge in [-0.1, -0.05) is 23.2 Å². The second-order valence-corrected chi connectivity index (χ2v) is 6.12. The van der Waals surface area contributed by atoms with Crippen LogP contribution in [-0.4, -0.2) is 15.0 Å². The predicted molar refractivity (Wildman–Crippen MR) is 100 cm³/mol. The van der Waals surface area contributed by atoms with Crippen molar-refractivity contribution in [2.45, 2.75) is 0 Å². The van der Waals surface area contributed by atoms with Crippen LogP contribution in [0.1, 0.15) is 0 Å². The monoisotopic (exact) mass is 370 g/mol. The molecule has 0 aliphatic rings. The lowest BCUT2D eigenvalue weighted by molar-refractivity contribution is 0.480. The highest BCUT2D eigenvalue weighted by Gasteiger charge is 2.07. The minimum absolute atomic E-state index is 0.476. The number of aromatic nitrogens is 3. The van der Waals surface area contributed by atoms with Gasteiger partial charge in [0.05, 0.1) is 27.3 Å². The van der Waals surface area contributed by atoms with Gasteiger partial charge >= 0.3 is 0 Å². The Morgan fingerprint density at radius 2 is 1.76 bits per heavy atom. The van der Waals surface area contributed by atoms with E-state index in [4.69, 9.17) is 27.9 Å². The molecule has 124 valence electrons. The third-order valence-electron chi connectivity index (χ3n) is 3.51. The van der Waals surface area contributed by atoms with Crippen molar-refractivity contribution in [1.29, 1.82) is 0 Å². The van der Waals surface area contributed by atoms with Gasteiger partial charge in [-0.15, -0.1) is 0 Å². The summed E-state index contributed by atoms with van der Waals surface area (Å²) in [4.78, 5) is 11.6. The first-order valence-electron chi connectivity index (χ1n) is 7.47. The maximum atomic E-state index is 6.02. The lowest BCUT2D eigenvalue weighted by Gasteiger charge is -2.06. The molecular formula is C18H12Cl2N4O. The van der Waals surface area contributed by atoms with E-state index in [1.165, 1.54) is 0 Å². The number of halogens is 2. The Hall–Kier alpha value is -2.76. The van der Waals surface area contributed by atoms with Gasteiger partial charge < -0.3 is 15.0 Å². The van der Waals surface area contributed by atoms with Gasteiger partial charge in [-0.05, 0) is 48.5 Å². The lowest BCUT2D eigenvalue weighted by Crippen LogP contribution is -1.92. The quantitative estimate of drug-likeness (QED) is 0.476. The number of nitrogens with zero attached hydrogens (tertiary/aromatic N) is 2. The Morgan fingerprint density at radius 3 is 2.52 bits per heavy atom. The largest absolute Gasteiger partial charge is 0.456 e. The number of hydrogen-bond donors (Lipinski definition) is 2. The zero-order valence-corrected chi connectivity index (χ0v) is 14.3. The maximum absolute atomic E-state index is 6.02. The van der Waals surface area contributed by atoms with Crippen molar-refractivity contribution in [3.8, 4) is 11.5 Å². The second-order valence-electron chi connectivity index (χ2n) is 5.31. The Bertz CT molecular complexity index is 978. The summed E-state index contributed by atoms with van der Waals surface area (Å²) in [5, 5.41) is 4.17. The molecule has 4 aromatic rings. The van der Waals surface area contributed by atoms with Crippen LogP contribution in [0.15, 0.2) is 60.9 Å². The van der Waals surface area contributed by atoms with E-state index in [1.807, 2.05) is 36.4 Å². The number of H-pyrrole nitrogens is 1. The first kappa shape index (κ1) is 15.7. The summed E-state index contributed by atoms with van der Waals surface area (Å²) in [5.74, 6) is 2.02. The fraction of sp³-hybridized carbons (Fsp3) is 0. The van der Waals surface area contributed by atoms with E-state index in [2.05, 4.69) is 20.3 Å². The van der Waals surface area contributed by atoms with Crippen LogP contribution in [-0.2, 0) is 0 Å². The second kappa shape index (κ2) is 6.63. The topological polar surface area (TPSA) is 62.8 Å². The zero-order valence-electron chi connectivity index (χ0n) is 12.8. The van der Waals surface area contributed by atoms with E-state index in [9.17, 15) is 0 Å². The van der Waals surface area contributed by atoms with Crippen LogP contribution >= 0.6 is 23.2 Å². The third-order valence-corrected chi connectivity index (χ3v) is 4.23. The average Bonchev–Trinajstić information content (AvgIpc) is 2.99. The van der Waals surface area contributed by atoms with Gasteiger partial charge in [0, 0.05) is 11.9 Å². The van der Waals surface area contributed by atoms with E-state index in [1.54, 1.807) is 24.5 Å². The summed E-state index contributed by atoms with van der Waals surface area (Å²) in [6.07, 6.45) is 3.37. The number of pyridine rings is 1. The maximum Gasteiger partial charge on any atom is 0.205 e. The molecule has 0 radical (unpaired) electrons. The van der Waals surface area contributed by atoms with Crippen LogP contribution in [0.5, 0.6) is 11.5 Å². The molecular weight excluding hydrogens is 359 g/mol. The predicted octanol–water partition coefficient (Wildman–Crippen LogP) is 5.80. The molecule has 0 fully saturated rings.